The SMILES string of the molecule is CC1(C)CN(C(=O)C2CCc3ccccc3O2)c2cc(C(F)(F)F)ccc2O1. The molecule has 1 amide bonds. The average molecular weight is 391 g/mol. The summed E-state index contributed by atoms with van der Waals surface area (Å²) in [6.45, 7) is 3.73. The maximum absolute atomic E-state index is 13.2. The fraction of sp³-hybridized carbons (Fsp3) is 0.381. The van der Waals surface area contributed by atoms with Crippen molar-refractivity contribution in [1.29, 1.82) is 0 Å². The van der Waals surface area contributed by atoms with Gasteiger partial charge in [0.1, 0.15) is 17.1 Å². The standard InChI is InChI=1S/C21H20F3NO3/c1-20(2)12-25(15-11-14(21(22,23)24)8-10-17(15)28-20)19(26)18-9-7-13-5-3-4-6-16(13)27-18/h3-6,8,10-11,18H,7,9,12H2,1-2H3. The Morgan fingerprint density at radius 2 is 1.89 bits per heavy atom. The number of fused-ring (bicyclic) bond motifs is 2. The van der Waals surface area contributed by atoms with Crippen LogP contribution in [0.15, 0.2) is 42.5 Å². The predicted octanol–water partition coefficient (Wildman–Crippen LogP) is 4.60. The van der Waals surface area contributed by atoms with E-state index in [9.17, 15) is 18.0 Å². The number of para-hydroxylation sites is 1. The minimum absolute atomic E-state index is 0.126. The molecule has 2 aliphatic rings. The molecule has 0 spiro atoms. The van der Waals surface area contributed by atoms with Gasteiger partial charge in [-0.25, -0.2) is 0 Å². The molecule has 2 aromatic rings. The van der Waals surface area contributed by atoms with Gasteiger partial charge in [-0.05, 0) is 56.5 Å². The van der Waals surface area contributed by atoms with Gasteiger partial charge < -0.3 is 14.4 Å². The lowest BCUT2D eigenvalue weighted by Crippen LogP contribution is -2.53. The lowest BCUT2D eigenvalue weighted by molar-refractivity contribution is -0.137. The molecule has 0 bridgehead atoms. The molecule has 0 saturated carbocycles. The molecule has 0 radical (unpaired) electrons. The molecule has 0 fully saturated rings. The number of carbonyl (C=O) groups excluding carboxylic acids is 1. The normalized spacial score (nSPS) is 20.5. The third-order valence-corrected chi connectivity index (χ3v) is 4.96. The second-order valence-electron chi connectivity index (χ2n) is 7.72. The molecule has 148 valence electrons. The molecular weight excluding hydrogens is 371 g/mol. The molecule has 0 aliphatic carbocycles. The van der Waals surface area contributed by atoms with Crippen molar-refractivity contribution in [2.75, 3.05) is 11.4 Å². The highest BCUT2D eigenvalue weighted by atomic mass is 19.4. The van der Waals surface area contributed by atoms with Crippen molar-refractivity contribution in [2.45, 2.75) is 44.6 Å². The number of rotatable bonds is 1. The number of alkyl halides is 3. The molecule has 1 atom stereocenters. The van der Waals surface area contributed by atoms with Crippen LogP contribution < -0.4 is 14.4 Å². The summed E-state index contributed by atoms with van der Waals surface area (Å²) >= 11 is 0. The number of nitrogens with zero attached hydrogens (tertiary/aromatic N) is 1. The summed E-state index contributed by atoms with van der Waals surface area (Å²) in [5, 5.41) is 0. The Kier molecular flexibility index (Phi) is 4.28. The van der Waals surface area contributed by atoms with E-state index >= 15 is 0 Å². The Labute approximate surface area is 160 Å². The molecule has 7 heteroatoms. The van der Waals surface area contributed by atoms with Gasteiger partial charge in [0.2, 0.25) is 0 Å². The summed E-state index contributed by atoms with van der Waals surface area (Å²) < 4.78 is 51.2. The van der Waals surface area contributed by atoms with Gasteiger partial charge in [-0.1, -0.05) is 18.2 Å². The molecule has 0 saturated heterocycles. The Bertz CT molecular complexity index is 923. The number of halogens is 3. The zero-order valence-electron chi connectivity index (χ0n) is 15.5. The molecular formula is C21H20F3NO3. The van der Waals surface area contributed by atoms with Crippen molar-refractivity contribution < 1.29 is 27.4 Å². The molecule has 2 aromatic carbocycles. The first-order valence-corrected chi connectivity index (χ1v) is 9.10. The monoisotopic (exact) mass is 391 g/mol. The largest absolute Gasteiger partial charge is 0.484 e. The van der Waals surface area contributed by atoms with Crippen molar-refractivity contribution in [3.05, 3.63) is 53.6 Å². The van der Waals surface area contributed by atoms with Crippen LogP contribution >= 0.6 is 0 Å². The van der Waals surface area contributed by atoms with Gasteiger partial charge in [-0.2, -0.15) is 13.2 Å². The number of anilines is 1. The zero-order chi connectivity index (χ0) is 20.1. The van der Waals surface area contributed by atoms with E-state index in [-0.39, 0.29) is 23.9 Å². The van der Waals surface area contributed by atoms with E-state index in [2.05, 4.69) is 0 Å². The van der Waals surface area contributed by atoms with Crippen molar-refractivity contribution in [2.24, 2.45) is 0 Å². The van der Waals surface area contributed by atoms with Gasteiger partial charge in [0.25, 0.3) is 5.91 Å². The van der Waals surface area contributed by atoms with E-state index in [0.717, 1.165) is 17.7 Å². The van der Waals surface area contributed by atoms with E-state index in [1.165, 1.54) is 11.0 Å². The average Bonchev–Trinajstić information content (AvgIpc) is 2.64. The van der Waals surface area contributed by atoms with E-state index in [0.29, 0.717) is 18.6 Å². The van der Waals surface area contributed by atoms with Crippen LogP contribution in [0.2, 0.25) is 0 Å². The second kappa shape index (κ2) is 6.43. The summed E-state index contributed by atoms with van der Waals surface area (Å²) in [6.07, 6.45) is -4.10. The minimum atomic E-state index is -4.50. The maximum atomic E-state index is 13.2. The van der Waals surface area contributed by atoms with E-state index in [4.69, 9.17) is 9.47 Å². The lowest BCUT2D eigenvalue weighted by atomic mass is 9.99. The van der Waals surface area contributed by atoms with Crippen LogP contribution in [0.1, 0.15) is 31.4 Å². The van der Waals surface area contributed by atoms with Crippen LogP contribution in [-0.2, 0) is 17.4 Å². The number of aryl methyl sites for hydroxylation is 1. The molecule has 2 aliphatic heterocycles. The predicted molar refractivity (Wildman–Crippen MR) is 97.7 cm³/mol. The molecule has 1 unspecified atom stereocenters. The molecule has 4 rings (SSSR count). The maximum Gasteiger partial charge on any atom is 0.416 e. The Balaban J connectivity index is 1.68. The van der Waals surface area contributed by atoms with Gasteiger partial charge in [0, 0.05) is 0 Å². The Morgan fingerprint density at radius 3 is 2.64 bits per heavy atom. The number of carbonyl (C=O) groups is 1. The molecule has 28 heavy (non-hydrogen) atoms. The van der Waals surface area contributed by atoms with Crippen molar-refractivity contribution in [3.8, 4) is 11.5 Å². The van der Waals surface area contributed by atoms with Gasteiger partial charge in [0.05, 0.1) is 17.8 Å². The van der Waals surface area contributed by atoms with Gasteiger partial charge in [-0.15, -0.1) is 0 Å². The van der Waals surface area contributed by atoms with E-state index in [1.54, 1.807) is 19.9 Å². The van der Waals surface area contributed by atoms with Crippen LogP contribution in [0.5, 0.6) is 11.5 Å². The number of amides is 1. The van der Waals surface area contributed by atoms with Gasteiger partial charge in [0.15, 0.2) is 6.10 Å². The first-order chi connectivity index (χ1) is 13.1. The van der Waals surface area contributed by atoms with E-state index < -0.39 is 23.4 Å². The molecule has 4 nitrogen and oxygen atoms in total. The fourth-order valence-electron chi connectivity index (χ4n) is 3.66. The second-order valence-corrected chi connectivity index (χ2v) is 7.72. The molecule has 0 N–H and O–H groups in total. The first-order valence-electron chi connectivity index (χ1n) is 9.10. The minimum Gasteiger partial charge on any atom is -0.484 e. The highest BCUT2D eigenvalue weighted by Gasteiger charge is 2.41. The quantitative estimate of drug-likeness (QED) is 0.713. The summed E-state index contributed by atoms with van der Waals surface area (Å²) in [6, 6.07) is 10.7. The van der Waals surface area contributed by atoms with Crippen LogP contribution in [-0.4, -0.2) is 24.2 Å². The molecule has 2 heterocycles. The fourth-order valence-corrected chi connectivity index (χ4v) is 3.66. The number of benzene rings is 2. The number of hydrogen-bond donors (Lipinski definition) is 0. The third-order valence-electron chi connectivity index (χ3n) is 4.96. The van der Waals surface area contributed by atoms with Gasteiger partial charge in [-0.3, -0.25) is 4.79 Å². The van der Waals surface area contributed by atoms with Gasteiger partial charge >= 0.3 is 6.18 Å². The first kappa shape index (κ1) is 18.7. The highest BCUT2D eigenvalue weighted by molar-refractivity contribution is 5.99. The van der Waals surface area contributed by atoms with Crippen molar-refractivity contribution in [1.82, 2.24) is 0 Å². The Morgan fingerprint density at radius 1 is 1.14 bits per heavy atom. The summed E-state index contributed by atoms with van der Waals surface area (Å²) in [7, 11) is 0. The van der Waals surface area contributed by atoms with Crippen molar-refractivity contribution in [3.63, 3.8) is 0 Å². The summed E-state index contributed by atoms with van der Waals surface area (Å²) in [5.41, 5.74) is -0.396. The Hall–Kier alpha value is -2.70. The van der Waals surface area contributed by atoms with Crippen LogP contribution in [0, 0.1) is 0 Å². The lowest BCUT2D eigenvalue weighted by Gasteiger charge is -2.41. The smallest absolute Gasteiger partial charge is 0.416 e. The topological polar surface area (TPSA) is 38.8 Å². The summed E-state index contributed by atoms with van der Waals surface area (Å²) in [4.78, 5) is 14.6. The third kappa shape index (κ3) is 3.41. The van der Waals surface area contributed by atoms with Crippen molar-refractivity contribution >= 4 is 11.6 Å². The van der Waals surface area contributed by atoms with Crippen LogP contribution in [0.3, 0.4) is 0 Å². The van der Waals surface area contributed by atoms with Crippen LogP contribution in [0.25, 0.3) is 0 Å². The molecule has 0 aromatic heterocycles. The highest BCUT2D eigenvalue weighted by Crippen LogP contribution is 2.42. The number of hydrogen-bond acceptors (Lipinski definition) is 3. The van der Waals surface area contributed by atoms with Crippen LogP contribution in [0.4, 0.5) is 18.9 Å². The summed E-state index contributed by atoms with van der Waals surface area (Å²) in [5.74, 6) is 0.546. The van der Waals surface area contributed by atoms with E-state index in [1.807, 2.05) is 18.2 Å². The zero-order valence-corrected chi connectivity index (χ0v) is 15.5. The number of ether oxygens (including phenoxy) is 2.